The summed E-state index contributed by atoms with van der Waals surface area (Å²) in [4.78, 5) is 7.50. The topological polar surface area (TPSA) is 41.8 Å². The van der Waals surface area contributed by atoms with Gasteiger partial charge in [0.25, 0.3) is 0 Å². The van der Waals surface area contributed by atoms with Crippen LogP contribution in [0.3, 0.4) is 0 Å². The van der Waals surface area contributed by atoms with Gasteiger partial charge in [-0.15, -0.1) is 13.2 Å². The largest absolute Gasteiger partial charge is 0.573 e. The molecular weight excluding hydrogens is 374 g/mol. The Hall–Kier alpha value is -3.42. The Labute approximate surface area is 157 Å². The van der Waals surface area contributed by atoms with E-state index in [4.69, 9.17) is 0 Å². The summed E-state index contributed by atoms with van der Waals surface area (Å²) in [5, 5.41) is 0. The number of halogens is 4. The number of alkyl halides is 3. The number of nitrogens with one attached hydrogen (secondary N) is 1. The van der Waals surface area contributed by atoms with Gasteiger partial charge in [-0.05, 0) is 36.4 Å². The number of ether oxygens (including phenoxy) is 1. The van der Waals surface area contributed by atoms with Gasteiger partial charge in [-0.1, -0.05) is 12.1 Å². The number of rotatable bonds is 4. The Kier molecular flexibility index (Phi) is 4.46. The Morgan fingerprint density at radius 2 is 1.75 bits per heavy atom. The molecule has 0 spiro atoms. The van der Waals surface area contributed by atoms with Crippen molar-refractivity contribution in [3.63, 3.8) is 0 Å². The third-order valence-corrected chi connectivity index (χ3v) is 4.13. The molecule has 0 radical (unpaired) electrons. The van der Waals surface area contributed by atoms with Crippen molar-refractivity contribution in [3.05, 3.63) is 78.4 Å². The molecule has 0 amide bonds. The third kappa shape index (κ3) is 3.95. The minimum Gasteiger partial charge on any atom is -0.406 e. The smallest absolute Gasteiger partial charge is 0.406 e. The van der Waals surface area contributed by atoms with Crippen LogP contribution in [-0.2, 0) is 6.54 Å². The average molecular weight is 388 g/mol. The summed E-state index contributed by atoms with van der Waals surface area (Å²) in [6.07, 6.45) is -1.10. The average Bonchev–Trinajstić information content (AvgIpc) is 3.05. The van der Waals surface area contributed by atoms with Crippen LogP contribution in [0.4, 0.5) is 17.6 Å². The number of hydrogen-bond donors (Lipinski definition) is 1. The first-order valence-corrected chi connectivity index (χ1v) is 8.36. The first-order chi connectivity index (χ1) is 13.4. The molecule has 4 rings (SSSR count). The van der Waals surface area contributed by atoms with Crippen LogP contribution < -0.4 is 9.30 Å². The molecule has 1 N–H and O–H groups in total. The molecule has 4 aromatic rings. The molecule has 0 saturated heterocycles. The summed E-state index contributed by atoms with van der Waals surface area (Å²) in [7, 11) is 0. The number of imidazole rings is 1. The van der Waals surface area contributed by atoms with Gasteiger partial charge in [0.05, 0.1) is 5.56 Å². The number of aromatic nitrogens is 3. The molecule has 2 heterocycles. The molecule has 2 aromatic carbocycles. The van der Waals surface area contributed by atoms with Crippen molar-refractivity contribution in [2.24, 2.45) is 0 Å². The summed E-state index contributed by atoms with van der Waals surface area (Å²) >= 11 is 0. The summed E-state index contributed by atoms with van der Waals surface area (Å²) in [5.74, 6) is -0.199. The van der Waals surface area contributed by atoms with E-state index >= 15 is 0 Å². The van der Waals surface area contributed by atoms with Gasteiger partial charge in [0.2, 0.25) is 0 Å². The highest BCUT2D eigenvalue weighted by Crippen LogP contribution is 2.23. The van der Waals surface area contributed by atoms with Gasteiger partial charge in [0, 0.05) is 11.6 Å². The highest BCUT2D eigenvalue weighted by Gasteiger charge is 2.31. The van der Waals surface area contributed by atoms with E-state index in [-0.39, 0.29) is 11.6 Å². The lowest BCUT2D eigenvalue weighted by atomic mass is 10.2. The van der Waals surface area contributed by atoms with Crippen LogP contribution in [0.5, 0.6) is 5.75 Å². The van der Waals surface area contributed by atoms with Gasteiger partial charge in [-0.25, -0.2) is 9.37 Å². The molecule has 0 bridgehead atoms. The molecule has 0 atom stereocenters. The normalized spacial score (nSPS) is 11.7. The number of aromatic amines is 1. The van der Waals surface area contributed by atoms with Gasteiger partial charge in [-0.2, -0.15) is 4.57 Å². The maximum absolute atomic E-state index is 14.0. The predicted octanol–water partition coefficient (Wildman–Crippen LogP) is 4.60. The van der Waals surface area contributed by atoms with Crippen molar-refractivity contribution < 1.29 is 26.9 Å². The van der Waals surface area contributed by atoms with E-state index in [1.54, 1.807) is 42.6 Å². The minimum absolute atomic E-state index is 0.264. The van der Waals surface area contributed by atoms with Crippen LogP contribution in [-0.4, -0.2) is 16.3 Å². The lowest BCUT2D eigenvalue weighted by Gasteiger charge is -2.08. The van der Waals surface area contributed by atoms with E-state index in [1.165, 1.54) is 18.2 Å². The van der Waals surface area contributed by atoms with Crippen LogP contribution in [0.25, 0.3) is 22.4 Å². The molecule has 4 nitrogen and oxygen atoms in total. The number of H-pyrrole nitrogens is 1. The van der Waals surface area contributed by atoms with Crippen molar-refractivity contribution in [3.8, 4) is 17.1 Å². The SMILES string of the molecule is Fc1ccccc1-c1nc2cc[n+](Cc3ccc(OC(F)(F)F)cc3)cc2[nH]1. The maximum atomic E-state index is 14.0. The standard InChI is InChI=1S/C20H13F4N3O/c21-16-4-2-1-3-15(16)19-25-17-9-10-27(12-18(17)26-19)11-13-5-7-14(8-6-13)28-20(22,23)24/h1-10,12H,11H2/p+1. The molecular formula is C20H14F4N3O+. The van der Waals surface area contributed by atoms with Crippen LogP contribution in [0, 0.1) is 5.82 Å². The number of benzene rings is 2. The summed E-state index contributed by atoms with van der Waals surface area (Å²) in [6, 6.07) is 13.8. The Morgan fingerprint density at radius 1 is 1.00 bits per heavy atom. The van der Waals surface area contributed by atoms with E-state index in [1.807, 2.05) is 10.8 Å². The Balaban J connectivity index is 1.56. The van der Waals surface area contributed by atoms with Gasteiger partial charge >= 0.3 is 6.36 Å². The summed E-state index contributed by atoms with van der Waals surface area (Å²) in [6.45, 7) is 0.441. The molecule has 0 fully saturated rings. The number of pyridine rings is 1. The second-order valence-electron chi connectivity index (χ2n) is 6.17. The quantitative estimate of drug-likeness (QED) is 0.410. The Bertz CT molecular complexity index is 1120. The van der Waals surface area contributed by atoms with Crippen molar-refractivity contribution in [2.75, 3.05) is 0 Å². The van der Waals surface area contributed by atoms with Crippen LogP contribution >= 0.6 is 0 Å². The first-order valence-electron chi connectivity index (χ1n) is 8.36. The fourth-order valence-corrected chi connectivity index (χ4v) is 2.89. The van der Waals surface area contributed by atoms with Crippen molar-refractivity contribution in [1.82, 2.24) is 9.97 Å². The first kappa shape index (κ1) is 18.0. The lowest BCUT2D eigenvalue weighted by molar-refractivity contribution is -0.687. The molecule has 0 aliphatic carbocycles. The number of nitrogens with zero attached hydrogens (tertiary/aromatic N) is 2. The molecule has 0 aliphatic heterocycles. The molecule has 8 heteroatoms. The maximum Gasteiger partial charge on any atom is 0.573 e. The van der Waals surface area contributed by atoms with Gasteiger partial charge in [0.15, 0.2) is 18.9 Å². The van der Waals surface area contributed by atoms with Crippen molar-refractivity contribution in [1.29, 1.82) is 0 Å². The fraction of sp³-hybridized carbons (Fsp3) is 0.100. The third-order valence-electron chi connectivity index (χ3n) is 4.13. The van der Waals surface area contributed by atoms with E-state index in [0.29, 0.717) is 23.4 Å². The second kappa shape index (κ2) is 6.95. The zero-order chi connectivity index (χ0) is 19.7. The van der Waals surface area contributed by atoms with E-state index in [9.17, 15) is 17.6 Å². The highest BCUT2D eigenvalue weighted by molar-refractivity contribution is 5.77. The summed E-state index contributed by atoms with van der Waals surface area (Å²) in [5.41, 5.74) is 2.58. The predicted molar refractivity (Wildman–Crippen MR) is 93.9 cm³/mol. The van der Waals surface area contributed by atoms with Gasteiger partial charge in [-0.3, -0.25) is 0 Å². The monoisotopic (exact) mass is 388 g/mol. The molecule has 2 aromatic heterocycles. The van der Waals surface area contributed by atoms with Crippen LogP contribution in [0.2, 0.25) is 0 Å². The summed E-state index contributed by atoms with van der Waals surface area (Å²) < 4.78 is 56.4. The Morgan fingerprint density at radius 3 is 2.46 bits per heavy atom. The molecule has 0 aliphatic rings. The highest BCUT2D eigenvalue weighted by atomic mass is 19.4. The molecule has 0 unspecified atom stereocenters. The second-order valence-corrected chi connectivity index (χ2v) is 6.17. The fourth-order valence-electron chi connectivity index (χ4n) is 2.89. The van der Waals surface area contributed by atoms with Crippen molar-refractivity contribution >= 4 is 11.0 Å². The van der Waals surface area contributed by atoms with E-state index in [2.05, 4.69) is 14.7 Å². The number of hydrogen-bond acceptors (Lipinski definition) is 2. The van der Waals surface area contributed by atoms with Crippen molar-refractivity contribution in [2.45, 2.75) is 12.9 Å². The van der Waals surface area contributed by atoms with Crippen LogP contribution in [0.1, 0.15) is 5.56 Å². The van der Waals surface area contributed by atoms with Crippen LogP contribution in [0.15, 0.2) is 67.0 Å². The lowest BCUT2D eigenvalue weighted by Crippen LogP contribution is -2.33. The molecule has 28 heavy (non-hydrogen) atoms. The van der Waals surface area contributed by atoms with E-state index in [0.717, 1.165) is 11.1 Å². The van der Waals surface area contributed by atoms with Gasteiger partial charge < -0.3 is 9.72 Å². The molecule has 0 saturated carbocycles. The zero-order valence-electron chi connectivity index (χ0n) is 14.4. The molecule has 142 valence electrons. The minimum atomic E-state index is -4.71. The van der Waals surface area contributed by atoms with Gasteiger partial charge in [0.1, 0.15) is 28.4 Å². The van der Waals surface area contributed by atoms with E-state index < -0.39 is 6.36 Å². The number of fused-ring (bicyclic) bond motifs is 1. The zero-order valence-corrected chi connectivity index (χ0v) is 14.4.